The van der Waals surface area contributed by atoms with Crippen molar-refractivity contribution in [3.05, 3.63) is 241 Å². The molecule has 12 aromatic rings. The van der Waals surface area contributed by atoms with E-state index in [1.54, 1.807) is 0 Å². The lowest BCUT2D eigenvalue weighted by molar-refractivity contribution is 0.660. The van der Waals surface area contributed by atoms with E-state index in [0.717, 1.165) is 0 Å². The van der Waals surface area contributed by atoms with Crippen molar-refractivity contribution >= 4 is 53.9 Å². The van der Waals surface area contributed by atoms with Gasteiger partial charge in [-0.25, -0.2) is 0 Å². The number of hydrogen-bond acceptors (Lipinski definition) is 0. The molecule has 0 unspecified atom stereocenters. The second kappa shape index (κ2) is 14.2. The summed E-state index contributed by atoms with van der Waals surface area (Å²) in [6.07, 6.45) is 0. The average Bonchev–Trinajstić information content (AvgIpc) is 3.75. The summed E-state index contributed by atoms with van der Waals surface area (Å²) in [5.41, 5.74) is 20.8. The first-order valence-electron chi connectivity index (χ1n) is 24.2. The molecule has 0 aliphatic heterocycles. The van der Waals surface area contributed by atoms with Crippen molar-refractivity contribution in [3.63, 3.8) is 0 Å². The number of hydrogen-bond donors (Lipinski definition) is 0. The van der Waals surface area contributed by atoms with Crippen molar-refractivity contribution in [2.45, 2.75) is 38.5 Å². The quantitative estimate of drug-likeness (QED) is 0.155. The standard InChI is InChI=1S/C68H48/c1-67(2)59-30-15-13-21-46(59)48-35-32-43(39-61(48)67)64-51-23-7-8-24-52(51)65(44-33-36-49-47-22-14-16-31-60(47)68(3,4)62(49)40-44)58-38-42(34-37-57(58)64)63-53-25-9-11-27-55(53)66(56-28-12-10-26-54(56)63)50-29-17-19-41-18-5-6-20-45(41)50/h5-40H,1-4H3. The fourth-order valence-electron chi connectivity index (χ4n) is 12.8. The molecule has 0 N–H and O–H groups in total. The first-order valence-corrected chi connectivity index (χ1v) is 24.2. The van der Waals surface area contributed by atoms with Gasteiger partial charge in [-0.15, -0.1) is 0 Å². The third-order valence-electron chi connectivity index (χ3n) is 16.0. The Kier molecular flexibility index (Phi) is 8.19. The van der Waals surface area contributed by atoms with Gasteiger partial charge in [0.25, 0.3) is 0 Å². The minimum Gasteiger partial charge on any atom is -0.0619 e. The van der Waals surface area contributed by atoms with Gasteiger partial charge in [-0.1, -0.05) is 228 Å². The van der Waals surface area contributed by atoms with Crippen molar-refractivity contribution in [2.75, 3.05) is 0 Å². The van der Waals surface area contributed by atoms with Gasteiger partial charge in [0.1, 0.15) is 0 Å². The van der Waals surface area contributed by atoms with Crippen molar-refractivity contribution in [3.8, 4) is 66.8 Å². The van der Waals surface area contributed by atoms with Crippen LogP contribution < -0.4 is 0 Å². The molecule has 2 aliphatic rings. The van der Waals surface area contributed by atoms with E-state index in [1.807, 2.05) is 0 Å². The first-order chi connectivity index (χ1) is 33.3. The molecule has 68 heavy (non-hydrogen) atoms. The van der Waals surface area contributed by atoms with Crippen LogP contribution >= 0.6 is 0 Å². The molecular formula is C68H48. The van der Waals surface area contributed by atoms with Crippen LogP contribution in [-0.4, -0.2) is 0 Å². The van der Waals surface area contributed by atoms with Gasteiger partial charge in [-0.05, 0) is 161 Å². The van der Waals surface area contributed by atoms with Gasteiger partial charge in [0.2, 0.25) is 0 Å². The predicted molar refractivity (Wildman–Crippen MR) is 291 cm³/mol. The second-order valence-electron chi connectivity index (χ2n) is 20.3. The summed E-state index contributed by atoms with van der Waals surface area (Å²) in [5, 5.41) is 12.6. The Bertz CT molecular complexity index is 4080. The van der Waals surface area contributed by atoms with E-state index in [9.17, 15) is 0 Å². The monoisotopic (exact) mass is 864 g/mol. The molecule has 0 amide bonds. The highest BCUT2D eigenvalue weighted by molar-refractivity contribution is 6.26. The van der Waals surface area contributed by atoms with Gasteiger partial charge in [0, 0.05) is 10.8 Å². The Balaban J connectivity index is 1.08. The molecule has 2 aliphatic carbocycles. The van der Waals surface area contributed by atoms with Gasteiger partial charge in [0.15, 0.2) is 0 Å². The topological polar surface area (TPSA) is 0 Å². The number of fused-ring (bicyclic) bond motifs is 11. The smallest absolute Gasteiger partial charge is 0.0159 e. The fourth-order valence-corrected chi connectivity index (χ4v) is 12.8. The summed E-state index contributed by atoms with van der Waals surface area (Å²) in [5.74, 6) is 0. The zero-order valence-corrected chi connectivity index (χ0v) is 38.8. The van der Waals surface area contributed by atoms with Crippen LogP contribution in [0.5, 0.6) is 0 Å². The average molecular weight is 865 g/mol. The Morgan fingerprint density at radius 2 is 0.559 bits per heavy atom. The molecule has 0 heterocycles. The third-order valence-corrected chi connectivity index (χ3v) is 16.0. The maximum absolute atomic E-state index is 2.53. The molecule has 0 spiro atoms. The van der Waals surface area contributed by atoms with E-state index in [4.69, 9.17) is 0 Å². The molecule has 14 rings (SSSR count). The molecule has 0 atom stereocenters. The second-order valence-corrected chi connectivity index (χ2v) is 20.3. The van der Waals surface area contributed by atoms with E-state index in [0.29, 0.717) is 0 Å². The lowest BCUT2D eigenvalue weighted by Crippen LogP contribution is -2.15. The van der Waals surface area contributed by atoms with Crippen molar-refractivity contribution < 1.29 is 0 Å². The molecular weight excluding hydrogens is 817 g/mol. The number of rotatable bonds is 4. The van der Waals surface area contributed by atoms with E-state index in [-0.39, 0.29) is 10.8 Å². The molecule has 12 aromatic carbocycles. The van der Waals surface area contributed by atoms with E-state index < -0.39 is 0 Å². The molecule has 0 fully saturated rings. The highest BCUT2D eigenvalue weighted by Crippen LogP contribution is 2.54. The van der Waals surface area contributed by atoms with Crippen molar-refractivity contribution in [1.29, 1.82) is 0 Å². The minimum atomic E-state index is -0.128. The molecule has 0 aromatic heterocycles. The molecule has 0 radical (unpaired) electrons. The summed E-state index contributed by atoms with van der Waals surface area (Å²) < 4.78 is 0. The molecule has 0 saturated carbocycles. The van der Waals surface area contributed by atoms with Crippen LogP contribution in [-0.2, 0) is 10.8 Å². The lowest BCUT2D eigenvalue weighted by Gasteiger charge is -2.24. The highest BCUT2D eigenvalue weighted by Gasteiger charge is 2.37. The van der Waals surface area contributed by atoms with Crippen molar-refractivity contribution in [2.24, 2.45) is 0 Å². The first kappa shape index (κ1) is 39.1. The Morgan fingerprint density at radius 1 is 0.221 bits per heavy atom. The highest BCUT2D eigenvalue weighted by atomic mass is 14.4. The normalized spacial score (nSPS) is 14.1. The number of benzene rings is 12. The van der Waals surface area contributed by atoms with Crippen LogP contribution in [0.15, 0.2) is 218 Å². The van der Waals surface area contributed by atoms with Crippen LogP contribution in [0.4, 0.5) is 0 Å². The molecule has 0 heteroatoms. The maximum Gasteiger partial charge on any atom is 0.0159 e. The fraction of sp³-hybridized carbons (Fsp3) is 0.0882. The van der Waals surface area contributed by atoms with Crippen LogP contribution in [0, 0.1) is 0 Å². The SMILES string of the molecule is CC1(C)c2ccccc2-c2ccc(-c3c4ccccc4c(-c4ccc5c(c4)C(C)(C)c4ccccc4-5)c4cc(-c5c6ccccc6c(-c6cccc7ccccc67)c6ccccc56)ccc34)cc21. The van der Waals surface area contributed by atoms with E-state index in [1.165, 1.54) is 143 Å². The van der Waals surface area contributed by atoms with E-state index in [2.05, 4.69) is 246 Å². The van der Waals surface area contributed by atoms with Crippen molar-refractivity contribution in [1.82, 2.24) is 0 Å². The largest absolute Gasteiger partial charge is 0.0619 e. The molecule has 0 bridgehead atoms. The van der Waals surface area contributed by atoms with Crippen LogP contribution in [0.3, 0.4) is 0 Å². The van der Waals surface area contributed by atoms with Crippen LogP contribution in [0.25, 0.3) is 121 Å². The summed E-state index contributed by atoms with van der Waals surface area (Å²) in [4.78, 5) is 0. The van der Waals surface area contributed by atoms with Gasteiger partial charge in [-0.2, -0.15) is 0 Å². The predicted octanol–water partition coefficient (Wildman–Crippen LogP) is 18.7. The Labute approximate surface area is 397 Å². The summed E-state index contributed by atoms with van der Waals surface area (Å²) >= 11 is 0. The molecule has 320 valence electrons. The third kappa shape index (κ3) is 5.38. The van der Waals surface area contributed by atoms with Crippen LogP contribution in [0.1, 0.15) is 49.9 Å². The van der Waals surface area contributed by atoms with Gasteiger partial charge in [0.05, 0.1) is 0 Å². The van der Waals surface area contributed by atoms with Gasteiger partial charge >= 0.3 is 0 Å². The summed E-state index contributed by atoms with van der Waals surface area (Å²) in [6.45, 7) is 9.57. The zero-order chi connectivity index (χ0) is 45.5. The Hall–Kier alpha value is -8.06. The molecule has 0 nitrogen and oxygen atoms in total. The van der Waals surface area contributed by atoms with E-state index >= 15 is 0 Å². The van der Waals surface area contributed by atoms with Crippen LogP contribution in [0.2, 0.25) is 0 Å². The summed E-state index contributed by atoms with van der Waals surface area (Å²) in [6, 6.07) is 82.8. The zero-order valence-electron chi connectivity index (χ0n) is 38.8. The lowest BCUT2D eigenvalue weighted by atomic mass is 9.79. The maximum atomic E-state index is 2.53. The summed E-state index contributed by atoms with van der Waals surface area (Å²) in [7, 11) is 0. The molecule has 0 saturated heterocycles. The Morgan fingerprint density at radius 3 is 1.07 bits per heavy atom. The van der Waals surface area contributed by atoms with Gasteiger partial charge in [-0.3, -0.25) is 0 Å². The van der Waals surface area contributed by atoms with Gasteiger partial charge < -0.3 is 0 Å². The minimum absolute atomic E-state index is 0.115.